The molecule has 3 nitrogen and oxygen atoms in total. The molecule has 0 N–H and O–H groups in total. The van der Waals surface area contributed by atoms with Crippen LogP contribution in [0.1, 0.15) is 44.6 Å². The van der Waals surface area contributed by atoms with Crippen LogP contribution in [0, 0.1) is 5.82 Å². The summed E-state index contributed by atoms with van der Waals surface area (Å²) < 4.78 is 19.4. The van der Waals surface area contributed by atoms with Gasteiger partial charge in [0.25, 0.3) is 5.89 Å². The van der Waals surface area contributed by atoms with Crippen molar-refractivity contribution in [1.29, 1.82) is 0 Å². The van der Waals surface area contributed by atoms with Gasteiger partial charge in [0.2, 0.25) is 5.89 Å². The molecular formula is C14H17FN2O. The molecule has 0 spiro atoms. The molecule has 4 heteroatoms. The SMILES string of the molecule is CCCc1nnc(-c2ccc(C(C)C)cc2F)o1. The van der Waals surface area contributed by atoms with E-state index in [9.17, 15) is 4.39 Å². The van der Waals surface area contributed by atoms with Crippen LogP contribution < -0.4 is 0 Å². The lowest BCUT2D eigenvalue weighted by atomic mass is 10.0. The summed E-state index contributed by atoms with van der Waals surface area (Å²) in [5, 5.41) is 7.78. The van der Waals surface area contributed by atoms with E-state index in [1.807, 2.05) is 26.8 Å². The molecular weight excluding hydrogens is 231 g/mol. The Kier molecular flexibility index (Phi) is 3.75. The zero-order valence-corrected chi connectivity index (χ0v) is 10.9. The van der Waals surface area contributed by atoms with Crippen LogP contribution in [0.25, 0.3) is 11.5 Å². The molecule has 1 heterocycles. The third kappa shape index (κ3) is 2.58. The molecule has 0 radical (unpaired) electrons. The lowest BCUT2D eigenvalue weighted by Gasteiger charge is -2.06. The van der Waals surface area contributed by atoms with E-state index >= 15 is 0 Å². The molecule has 96 valence electrons. The van der Waals surface area contributed by atoms with E-state index in [-0.39, 0.29) is 11.7 Å². The maximum Gasteiger partial charge on any atom is 0.250 e. The molecule has 0 saturated carbocycles. The summed E-state index contributed by atoms with van der Waals surface area (Å²) in [6.07, 6.45) is 1.65. The summed E-state index contributed by atoms with van der Waals surface area (Å²) in [7, 11) is 0. The number of hydrogen-bond acceptors (Lipinski definition) is 3. The van der Waals surface area contributed by atoms with Gasteiger partial charge in [0.05, 0.1) is 5.56 Å². The number of hydrogen-bond donors (Lipinski definition) is 0. The average molecular weight is 248 g/mol. The molecule has 1 aromatic heterocycles. The summed E-state index contributed by atoms with van der Waals surface area (Å²) in [4.78, 5) is 0. The van der Waals surface area contributed by atoms with Gasteiger partial charge in [0.15, 0.2) is 0 Å². The van der Waals surface area contributed by atoms with E-state index in [1.165, 1.54) is 6.07 Å². The third-order valence-corrected chi connectivity index (χ3v) is 2.82. The van der Waals surface area contributed by atoms with Gasteiger partial charge >= 0.3 is 0 Å². The van der Waals surface area contributed by atoms with Crippen LogP contribution in [0.15, 0.2) is 22.6 Å². The maximum atomic E-state index is 14.0. The molecule has 0 aliphatic carbocycles. The molecule has 0 unspecified atom stereocenters. The summed E-state index contributed by atoms with van der Waals surface area (Å²) in [5.41, 5.74) is 1.33. The van der Waals surface area contributed by atoms with E-state index in [2.05, 4.69) is 10.2 Å². The molecule has 0 aliphatic rings. The highest BCUT2D eigenvalue weighted by Gasteiger charge is 2.13. The Bertz CT molecular complexity index is 534. The molecule has 18 heavy (non-hydrogen) atoms. The van der Waals surface area contributed by atoms with Crippen molar-refractivity contribution in [2.45, 2.75) is 39.5 Å². The first-order valence-electron chi connectivity index (χ1n) is 6.24. The summed E-state index contributed by atoms with van der Waals surface area (Å²) in [5.74, 6) is 0.797. The van der Waals surface area contributed by atoms with Crippen molar-refractivity contribution in [3.63, 3.8) is 0 Å². The first kappa shape index (κ1) is 12.7. The minimum Gasteiger partial charge on any atom is -0.421 e. The van der Waals surface area contributed by atoms with Gasteiger partial charge in [-0.3, -0.25) is 0 Å². The largest absolute Gasteiger partial charge is 0.421 e. The molecule has 0 fully saturated rings. The Labute approximate surface area is 106 Å². The standard InChI is InChI=1S/C14H17FN2O/c1-4-5-13-16-17-14(18-13)11-7-6-10(9(2)3)8-12(11)15/h6-9H,4-5H2,1-3H3. The first-order chi connectivity index (χ1) is 8.61. The van der Waals surface area contributed by atoms with Crippen LogP contribution in [0.5, 0.6) is 0 Å². The Morgan fingerprint density at radius 3 is 2.67 bits per heavy atom. The second-order valence-electron chi connectivity index (χ2n) is 4.64. The number of rotatable bonds is 4. The minimum absolute atomic E-state index is 0.256. The quantitative estimate of drug-likeness (QED) is 0.822. The fraction of sp³-hybridized carbons (Fsp3) is 0.429. The van der Waals surface area contributed by atoms with Gasteiger partial charge in [-0.05, 0) is 30.0 Å². The number of halogens is 1. The Balaban J connectivity index is 2.32. The van der Waals surface area contributed by atoms with Crippen LogP contribution in [-0.2, 0) is 6.42 Å². The summed E-state index contributed by atoms with van der Waals surface area (Å²) >= 11 is 0. The van der Waals surface area contributed by atoms with E-state index in [4.69, 9.17) is 4.42 Å². The molecule has 0 bridgehead atoms. The van der Waals surface area contributed by atoms with Crippen LogP contribution >= 0.6 is 0 Å². The minimum atomic E-state index is -0.312. The molecule has 2 rings (SSSR count). The zero-order chi connectivity index (χ0) is 13.1. The molecule has 0 aliphatic heterocycles. The number of aromatic nitrogens is 2. The molecule has 2 aromatic rings. The molecule has 1 aromatic carbocycles. The van der Waals surface area contributed by atoms with Gasteiger partial charge in [0, 0.05) is 6.42 Å². The highest BCUT2D eigenvalue weighted by atomic mass is 19.1. The second-order valence-corrected chi connectivity index (χ2v) is 4.64. The van der Waals surface area contributed by atoms with Crippen LogP contribution in [0.4, 0.5) is 4.39 Å². The Morgan fingerprint density at radius 1 is 1.28 bits per heavy atom. The van der Waals surface area contributed by atoms with E-state index in [0.717, 1.165) is 18.4 Å². The lowest BCUT2D eigenvalue weighted by Crippen LogP contribution is -1.91. The van der Waals surface area contributed by atoms with Crippen molar-refractivity contribution in [1.82, 2.24) is 10.2 Å². The lowest BCUT2D eigenvalue weighted by molar-refractivity contribution is 0.498. The van der Waals surface area contributed by atoms with Crippen LogP contribution in [0.3, 0.4) is 0 Å². The van der Waals surface area contributed by atoms with Gasteiger partial charge in [-0.1, -0.05) is 26.8 Å². The fourth-order valence-electron chi connectivity index (χ4n) is 1.74. The summed E-state index contributed by atoms with van der Waals surface area (Å²) in [6.45, 7) is 6.09. The predicted octanol–water partition coefficient (Wildman–Crippen LogP) is 3.95. The maximum absolute atomic E-state index is 14.0. The Morgan fingerprint density at radius 2 is 2.06 bits per heavy atom. The third-order valence-electron chi connectivity index (χ3n) is 2.82. The number of nitrogens with zero attached hydrogens (tertiary/aromatic N) is 2. The monoisotopic (exact) mass is 248 g/mol. The highest BCUT2D eigenvalue weighted by molar-refractivity contribution is 5.54. The van der Waals surface area contributed by atoms with Crippen LogP contribution in [-0.4, -0.2) is 10.2 Å². The van der Waals surface area contributed by atoms with Gasteiger partial charge in [-0.25, -0.2) is 4.39 Å². The van der Waals surface area contributed by atoms with E-state index < -0.39 is 0 Å². The number of benzene rings is 1. The van der Waals surface area contributed by atoms with Crippen LogP contribution in [0.2, 0.25) is 0 Å². The van der Waals surface area contributed by atoms with Gasteiger partial charge < -0.3 is 4.42 Å². The first-order valence-corrected chi connectivity index (χ1v) is 6.24. The van der Waals surface area contributed by atoms with E-state index in [0.29, 0.717) is 17.4 Å². The summed E-state index contributed by atoms with van der Waals surface area (Å²) in [6, 6.07) is 5.13. The van der Waals surface area contributed by atoms with Gasteiger partial charge in [-0.2, -0.15) is 0 Å². The van der Waals surface area contributed by atoms with Crippen molar-refractivity contribution in [3.8, 4) is 11.5 Å². The van der Waals surface area contributed by atoms with Crippen molar-refractivity contribution >= 4 is 0 Å². The molecule has 0 amide bonds. The zero-order valence-electron chi connectivity index (χ0n) is 10.9. The topological polar surface area (TPSA) is 38.9 Å². The van der Waals surface area contributed by atoms with Crippen molar-refractivity contribution in [2.24, 2.45) is 0 Å². The highest BCUT2D eigenvalue weighted by Crippen LogP contribution is 2.25. The second kappa shape index (κ2) is 5.29. The Hall–Kier alpha value is -1.71. The predicted molar refractivity (Wildman–Crippen MR) is 67.8 cm³/mol. The normalized spacial score (nSPS) is 11.2. The smallest absolute Gasteiger partial charge is 0.250 e. The fourth-order valence-corrected chi connectivity index (χ4v) is 1.74. The van der Waals surface area contributed by atoms with Crippen molar-refractivity contribution < 1.29 is 8.81 Å². The van der Waals surface area contributed by atoms with Crippen molar-refractivity contribution in [3.05, 3.63) is 35.5 Å². The van der Waals surface area contributed by atoms with Gasteiger partial charge in [0.1, 0.15) is 5.82 Å². The number of aryl methyl sites for hydroxylation is 1. The molecule has 0 atom stereocenters. The van der Waals surface area contributed by atoms with Gasteiger partial charge in [-0.15, -0.1) is 10.2 Å². The van der Waals surface area contributed by atoms with Crippen molar-refractivity contribution in [2.75, 3.05) is 0 Å². The molecule has 0 saturated heterocycles. The average Bonchev–Trinajstić information content (AvgIpc) is 2.77. The van der Waals surface area contributed by atoms with E-state index in [1.54, 1.807) is 6.07 Å².